The van der Waals surface area contributed by atoms with Crippen LogP contribution in [0.3, 0.4) is 0 Å². The van der Waals surface area contributed by atoms with E-state index in [0.717, 1.165) is 25.3 Å². The second kappa shape index (κ2) is 7.98. The highest BCUT2D eigenvalue weighted by atomic mass is 16.5. The minimum atomic E-state index is 0.699. The summed E-state index contributed by atoms with van der Waals surface area (Å²) in [6, 6.07) is 19.6. The standard InChI is InChI=1S/C17H18N2O/c18-13-15-7-9-16(10-8-15)14-19-11-4-12-20-17-5-2-1-3-6-17/h1-3,5-10,19H,4,11-12,14H2. The van der Waals surface area contributed by atoms with Crippen molar-refractivity contribution in [3.05, 3.63) is 65.7 Å². The van der Waals surface area contributed by atoms with Crippen molar-refractivity contribution >= 4 is 0 Å². The monoisotopic (exact) mass is 266 g/mol. The summed E-state index contributed by atoms with van der Waals surface area (Å²) in [5.41, 5.74) is 1.89. The van der Waals surface area contributed by atoms with Crippen LogP contribution in [0.25, 0.3) is 0 Å². The van der Waals surface area contributed by atoms with E-state index in [1.807, 2.05) is 54.6 Å². The van der Waals surface area contributed by atoms with Crippen molar-refractivity contribution in [2.45, 2.75) is 13.0 Å². The first-order valence-electron chi connectivity index (χ1n) is 6.76. The molecule has 20 heavy (non-hydrogen) atoms. The van der Waals surface area contributed by atoms with E-state index in [9.17, 15) is 0 Å². The van der Waals surface area contributed by atoms with E-state index in [0.29, 0.717) is 12.2 Å². The fraction of sp³-hybridized carbons (Fsp3) is 0.235. The quantitative estimate of drug-likeness (QED) is 0.783. The largest absolute Gasteiger partial charge is 0.494 e. The van der Waals surface area contributed by atoms with Crippen molar-refractivity contribution in [3.63, 3.8) is 0 Å². The molecule has 3 heteroatoms. The van der Waals surface area contributed by atoms with E-state index in [-0.39, 0.29) is 0 Å². The van der Waals surface area contributed by atoms with Gasteiger partial charge >= 0.3 is 0 Å². The van der Waals surface area contributed by atoms with Crippen molar-refractivity contribution in [3.8, 4) is 11.8 Å². The summed E-state index contributed by atoms with van der Waals surface area (Å²) in [6.45, 7) is 2.44. The molecule has 0 bridgehead atoms. The number of hydrogen-bond donors (Lipinski definition) is 1. The molecule has 0 fully saturated rings. The molecule has 2 aromatic rings. The molecule has 0 heterocycles. The lowest BCUT2D eigenvalue weighted by molar-refractivity contribution is 0.308. The van der Waals surface area contributed by atoms with Gasteiger partial charge in [-0.05, 0) is 42.8 Å². The molecule has 0 aliphatic rings. The van der Waals surface area contributed by atoms with Crippen LogP contribution in [-0.2, 0) is 6.54 Å². The van der Waals surface area contributed by atoms with Crippen LogP contribution < -0.4 is 10.1 Å². The molecular formula is C17H18N2O. The van der Waals surface area contributed by atoms with Crippen molar-refractivity contribution < 1.29 is 4.74 Å². The zero-order valence-electron chi connectivity index (χ0n) is 11.4. The number of nitriles is 1. The maximum absolute atomic E-state index is 8.72. The van der Waals surface area contributed by atoms with Crippen LogP contribution in [0.5, 0.6) is 5.75 Å². The Morgan fingerprint density at radius 2 is 1.75 bits per heavy atom. The van der Waals surface area contributed by atoms with Gasteiger partial charge in [0.25, 0.3) is 0 Å². The molecular weight excluding hydrogens is 248 g/mol. The third kappa shape index (κ3) is 4.75. The molecule has 0 saturated carbocycles. The van der Waals surface area contributed by atoms with E-state index in [2.05, 4.69) is 11.4 Å². The number of benzene rings is 2. The van der Waals surface area contributed by atoms with Gasteiger partial charge in [0.05, 0.1) is 18.2 Å². The SMILES string of the molecule is N#Cc1ccc(CNCCCOc2ccccc2)cc1. The molecule has 0 aromatic heterocycles. The molecule has 0 atom stereocenters. The van der Waals surface area contributed by atoms with Gasteiger partial charge < -0.3 is 10.1 Å². The van der Waals surface area contributed by atoms with Crippen molar-refractivity contribution in [2.24, 2.45) is 0 Å². The minimum Gasteiger partial charge on any atom is -0.494 e. The highest BCUT2D eigenvalue weighted by Gasteiger charge is 1.95. The Morgan fingerprint density at radius 3 is 2.45 bits per heavy atom. The second-order valence-corrected chi connectivity index (χ2v) is 4.50. The van der Waals surface area contributed by atoms with Gasteiger partial charge in [0.2, 0.25) is 0 Å². The van der Waals surface area contributed by atoms with Gasteiger partial charge in [-0.1, -0.05) is 30.3 Å². The van der Waals surface area contributed by atoms with Gasteiger partial charge in [-0.2, -0.15) is 5.26 Å². The Balaban J connectivity index is 1.58. The van der Waals surface area contributed by atoms with Crippen molar-refractivity contribution in [1.29, 1.82) is 5.26 Å². The first-order valence-corrected chi connectivity index (χ1v) is 6.76. The maximum Gasteiger partial charge on any atom is 0.119 e. The topological polar surface area (TPSA) is 45.0 Å². The van der Waals surface area contributed by atoms with E-state index in [4.69, 9.17) is 10.00 Å². The number of rotatable bonds is 7. The highest BCUT2D eigenvalue weighted by molar-refractivity contribution is 5.31. The lowest BCUT2D eigenvalue weighted by Crippen LogP contribution is -2.17. The summed E-state index contributed by atoms with van der Waals surface area (Å²) in [4.78, 5) is 0. The summed E-state index contributed by atoms with van der Waals surface area (Å²) < 4.78 is 5.61. The fourth-order valence-electron chi connectivity index (χ4n) is 1.83. The van der Waals surface area contributed by atoms with Crippen molar-refractivity contribution in [1.82, 2.24) is 5.32 Å². The van der Waals surface area contributed by atoms with E-state index in [1.165, 1.54) is 5.56 Å². The maximum atomic E-state index is 8.72. The van der Waals surface area contributed by atoms with Gasteiger partial charge in [-0.15, -0.1) is 0 Å². The van der Waals surface area contributed by atoms with Crippen LogP contribution in [-0.4, -0.2) is 13.2 Å². The molecule has 0 spiro atoms. The first kappa shape index (κ1) is 14.1. The zero-order chi connectivity index (χ0) is 14.0. The molecule has 1 N–H and O–H groups in total. The highest BCUT2D eigenvalue weighted by Crippen LogP contribution is 2.08. The number of hydrogen-bond acceptors (Lipinski definition) is 3. The fourth-order valence-corrected chi connectivity index (χ4v) is 1.83. The van der Waals surface area contributed by atoms with Gasteiger partial charge in [0.1, 0.15) is 5.75 Å². The molecule has 0 aliphatic heterocycles. The predicted octanol–water partition coefficient (Wildman–Crippen LogP) is 3.12. The van der Waals surface area contributed by atoms with Gasteiger partial charge in [-0.25, -0.2) is 0 Å². The van der Waals surface area contributed by atoms with Crippen molar-refractivity contribution in [2.75, 3.05) is 13.2 Å². The summed E-state index contributed by atoms with van der Waals surface area (Å²) in [6.07, 6.45) is 0.963. The third-order valence-corrected chi connectivity index (χ3v) is 2.92. The lowest BCUT2D eigenvalue weighted by Gasteiger charge is -2.07. The number of para-hydroxylation sites is 1. The number of nitrogens with one attached hydrogen (secondary N) is 1. The van der Waals surface area contributed by atoms with Crippen LogP contribution in [0.2, 0.25) is 0 Å². The molecule has 0 aliphatic carbocycles. The number of ether oxygens (including phenoxy) is 1. The van der Waals surface area contributed by atoms with E-state index >= 15 is 0 Å². The third-order valence-electron chi connectivity index (χ3n) is 2.92. The summed E-state index contributed by atoms with van der Waals surface area (Å²) in [7, 11) is 0. The minimum absolute atomic E-state index is 0.699. The lowest BCUT2D eigenvalue weighted by atomic mass is 10.1. The molecule has 0 saturated heterocycles. The predicted molar refractivity (Wildman–Crippen MR) is 79.4 cm³/mol. The molecule has 3 nitrogen and oxygen atoms in total. The normalized spacial score (nSPS) is 9.95. The molecule has 0 amide bonds. The summed E-state index contributed by atoms with van der Waals surface area (Å²) >= 11 is 0. The Kier molecular flexibility index (Phi) is 5.63. The van der Waals surface area contributed by atoms with Gasteiger partial charge in [0, 0.05) is 6.54 Å². The van der Waals surface area contributed by atoms with Crippen LogP contribution in [0, 0.1) is 11.3 Å². The molecule has 2 rings (SSSR count). The molecule has 0 unspecified atom stereocenters. The van der Waals surface area contributed by atoms with Crippen LogP contribution in [0.4, 0.5) is 0 Å². The average Bonchev–Trinajstić information content (AvgIpc) is 2.52. The number of nitrogens with zero attached hydrogens (tertiary/aromatic N) is 1. The zero-order valence-corrected chi connectivity index (χ0v) is 11.4. The Bertz CT molecular complexity index is 543. The summed E-state index contributed by atoms with van der Waals surface area (Å²) in [5, 5.41) is 12.1. The smallest absolute Gasteiger partial charge is 0.119 e. The van der Waals surface area contributed by atoms with Crippen LogP contribution in [0.1, 0.15) is 17.5 Å². The molecule has 2 aromatic carbocycles. The second-order valence-electron chi connectivity index (χ2n) is 4.50. The average molecular weight is 266 g/mol. The summed E-state index contributed by atoms with van der Waals surface area (Å²) in [5.74, 6) is 0.916. The van der Waals surface area contributed by atoms with Gasteiger partial charge in [0.15, 0.2) is 0 Å². The van der Waals surface area contributed by atoms with E-state index in [1.54, 1.807) is 0 Å². The van der Waals surface area contributed by atoms with Crippen LogP contribution in [0.15, 0.2) is 54.6 Å². The Labute approximate surface area is 119 Å². The van der Waals surface area contributed by atoms with E-state index < -0.39 is 0 Å². The Morgan fingerprint density at radius 1 is 1.00 bits per heavy atom. The Hall–Kier alpha value is -2.31. The van der Waals surface area contributed by atoms with Gasteiger partial charge in [-0.3, -0.25) is 0 Å². The first-order chi connectivity index (χ1) is 9.88. The molecule has 102 valence electrons. The molecule has 0 radical (unpaired) electrons. The van der Waals surface area contributed by atoms with Crippen LogP contribution >= 0.6 is 0 Å².